The SMILES string of the molecule is CCCCCCCCCC/C=C(\C)CC#N. The van der Waals surface area contributed by atoms with Gasteiger partial charge in [0.1, 0.15) is 0 Å². The summed E-state index contributed by atoms with van der Waals surface area (Å²) in [6, 6.07) is 2.18. The quantitative estimate of drug-likeness (QED) is 0.359. The second kappa shape index (κ2) is 12.3. The molecule has 0 aliphatic heterocycles. The molecule has 0 saturated heterocycles. The summed E-state index contributed by atoms with van der Waals surface area (Å²) in [6.07, 6.45) is 15.0. The fourth-order valence-corrected chi connectivity index (χ4v) is 1.82. The zero-order valence-electron chi connectivity index (χ0n) is 11.1. The third kappa shape index (κ3) is 11.3. The van der Waals surface area contributed by atoms with E-state index in [2.05, 4.69) is 19.1 Å². The van der Waals surface area contributed by atoms with Gasteiger partial charge in [-0.05, 0) is 19.8 Å². The van der Waals surface area contributed by atoms with E-state index < -0.39 is 0 Å². The summed E-state index contributed by atoms with van der Waals surface area (Å²) < 4.78 is 0. The number of nitriles is 1. The lowest BCUT2D eigenvalue weighted by molar-refractivity contribution is 0.577. The highest BCUT2D eigenvalue weighted by Crippen LogP contribution is 2.10. The Morgan fingerprint density at radius 1 is 1.00 bits per heavy atom. The van der Waals surface area contributed by atoms with Crippen molar-refractivity contribution in [2.24, 2.45) is 0 Å². The predicted octanol–water partition coefficient (Wildman–Crippen LogP) is 5.38. The maximum absolute atomic E-state index is 8.49. The Balaban J connectivity index is 3.15. The second-order valence-corrected chi connectivity index (χ2v) is 4.65. The summed E-state index contributed by atoms with van der Waals surface area (Å²) in [4.78, 5) is 0. The molecule has 0 aromatic rings. The van der Waals surface area contributed by atoms with Crippen LogP contribution in [-0.4, -0.2) is 0 Å². The van der Waals surface area contributed by atoms with Crippen molar-refractivity contribution in [3.8, 4) is 6.07 Å². The Hall–Kier alpha value is -0.770. The highest BCUT2D eigenvalue weighted by molar-refractivity contribution is 5.04. The predicted molar refractivity (Wildman–Crippen MR) is 71.2 cm³/mol. The van der Waals surface area contributed by atoms with Gasteiger partial charge in [-0.15, -0.1) is 0 Å². The minimum absolute atomic E-state index is 0.594. The van der Waals surface area contributed by atoms with Gasteiger partial charge in [0.15, 0.2) is 0 Å². The molecule has 0 aliphatic rings. The highest BCUT2D eigenvalue weighted by atomic mass is 14.2. The first-order chi connectivity index (χ1) is 7.81. The molecule has 0 aromatic carbocycles. The third-order valence-corrected chi connectivity index (χ3v) is 2.91. The molecule has 1 heteroatoms. The molecule has 0 aliphatic carbocycles. The molecule has 0 heterocycles. The minimum atomic E-state index is 0.594. The van der Waals surface area contributed by atoms with Gasteiger partial charge in [-0.25, -0.2) is 0 Å². The highest BCUT2D eigenvalue weighted by Gasteiger charge is 1.91. The van der Waals surface area contributed by atoms with Crippen molar-refractivity contribution in [1.29, 1.82) is 5.26 Å². The van der Waals surface area contributed by atoms with Gasteiger partial charge in [-0.3, -0.25) is 0 Å². The Kier molecular flexibility index (Phi) is 11.7. The molecule has 0 radical (unpaired) electrons. The van der Waals surface area contributed by atoms with Gasteiger partial charge >= 0.3 is 0 Å². The van der Waals surface area contributed by atoms with Crippen molar-refractivity contribution >= 4 is 0 Å². The third-order valence-electron chi connectivity index (χ3n) is 2.91. The minimum Gasteiger partial charge on any atom is -0.198 e. The second-order valence-electron chi connectivity index (χ2n) is 4.65. The van der Waals surface area contributed by atoms with Crippen LogP contribution in [0.2, 0.25) is 0 Å². The number of allylic oxidation sites excluding steroid dienone is 2. The van der Waals surface area contributed by atoms with Gasteiger partial charge in [0.2, 0.25) is 0 Å². The van der Waals surface area contributed by atoms with Crippen LogP contribution in [0.5, 0.6) is 0 Å². The van der Waals surface area contributed by atoms with Gasteiger partial charge in [0.25, 0.3) is 0 Å². The number of unbranched alkanes of at least 4 members (excludes halogenated alkanes) is 8. The normalized spacial score (nSPS) is 11.4. The van der Waals surface area contributed by atoms with E-state index in [1.165, 1.54) is 56.9 Å². The molecule has 0 atom stereocenters. The number of hydrogen-bond acceptors (Lipinski definition) is 1. The molecule has 0 spiro atoms. The molecule has 0 bridgehead atoms. The summed E-state index contributed by atoms with van der Waals surface area (Å²) in [5.41, 5.74) is 1.23. The lowest BCUT2D eigenvalue weighted by Gasteiger charge is -2.00. The summed E-state index contributed by atoms with van der Waals surface area (Å²) in [5.74, 6) is 0. The van der Waals surface area contributed by atoms with Gasteiger partial charge in [-0.2, -0.15) is 5.26 Å². The van der Waals surface area contributed by atoms with E-state index in [1.54, 1.807) is 0 Å². The Bertz CT molecular complexity index is 210. The van der Waals surface area contributed by atoms with Crippen LogP contribution in [0.25, 0.3) is 0 Å². The molecule has 1 nitrogen and oxygen atoms in total. The maximum atomic E-state index is 8.49. The molecule has 0 amide bonds. The zero-order chi connectivity index (χ0) is 12.1. The smallest absolute Gasteiger partial charge is 0.0666 e. The average molecular weight is 221 g/mol. The van der Waals surface area contributed by atoms with Crippen molar-refractivity contribution in [3.05, 3.63) is 11.6 Å². The van der Waals surface area contributed by atoms with Crippen LogP contribution in [-0.2, 0) is 0 Å². The van der Waals surface area contributed by atoms with Crippen LogP contribution in [0, 0.1) is 11.3 Å². The average Bonchev–Trinajstić information content (AvgIpc) is 2.27. The molecule has 0 fully saturated rings. The fraction of sp³-hybridized carbons (Fsp3) is 0.800. The lowest BCUT2D eigenvalue weighted by atomic mass is 10.1. The van der Waals surface area contributed by atoms with Crippen LogP contribution in [0.4, 0.5) is 0 Å². The summed E-state index contributed by atoms with van der Waals surface area (Å²) >= 11 is 0. The van der Waals surface area contributed by atoms with Crippen molar-refractivity contribution < 1.29 is 0 Å². The molecule has 92 valence electrons. The molecule has 0 saturated carbocycles. The van der Waals surface area contributed by atoms with Crippen LogP contribution < -0.4 is 0 Å². The Labute approximate surface area is 102 Å². The number of nitrogens with zero attached hydrogens (tertiary/aromatic N) is 1. The van der Waals surface area contributed by atoms with E-state index in [9.17, 15) is 0 Å². The standard InChI is InChI=1S/C15H27N/c1-3-4-5-6-7-8-9-10-11-12-15(2)13-14-16/h12H,3-11,13H2,1-2H3/b15-12+. The zero-order valence-corrected chi connectivity index (χ0v) is 11.1. The van der Waals surface area contributed by atoms with E-state index in [4.69, 9.17) is 5.26 Å². The van der Waals surface area contributed by atoms with Crippen LogP contribution in [0.15, 0.2) is 11.6 Å². The van der Waals surface area contributed by atoms with E-state index in [-0.39, 0.29) is 0 Å². The fourth-order valence-electron chi connectivity index (χ4n) is 1.82. The summed E-state index contributed by atoms with van der Waals surface area (Å²) in [5, 5.41) is 8.49. The van der Waals surface area contributed by atoms with Gasteiger partial charge in [0, 0.05) is 0 Å². The van der Waals surface area contributed by atoms with E-state index in [0.717, 1.165) is 6.42 Å². The monoisotopic (exact) mass is 221 g/mol. The largest absolute Gasteiger partial charge is 0.198 e. The molecule has 16 heavy (non-hydrogen) atoms. The van der Waals surface area contributed by atoms with Crippen LogP contribution in [0.1, 0.15) is 78.1 Å². The molecular formula is C15H27N. The van der Waals surface area contributed by atoms with E-state index in [1.807, 2.05) is 6.92 Å². The van der Waals surface area contributed by atoms with Crippen molar-refractivity contribution in [1.82, 2.24) is 0 Å². The molecule has 0 rings (SSSR count). The first-order valence-electron chi connectivity index (χ1n) is 6.83. The molecule has 0 aromatic heterocycles. The Morgan fingerprint density at radius 2 is 1.56 bits per heavy atom. The first-order valence-corrected chi connectivity index (χ1v) is 6.83. The van der Waals surface area contributed by atoms with Crippen molar-refractivity contribution in [2.45, 2.75) is 78.1 Å². The van der Waals surface area contributed by atoms with E-state index >= 15 is 0 Å². The summed E-state index contributed by atoms with van der Waals surface area (Å²) in [6.45, 7) is 4.31. The van der Waals surface area contributed by atoms with E-state index in [0.29, 0.717) is 6.42 Å². The van der Waals surface area contributed by atoms with Gasteiger partial charge in [0.05, 0.1) is 12.5 Å². The topological polar surface area (TPSA) is 23.8 Å². The number of rotatable bonds is 10. The van der Waals surface area contributed by atoms with Crippen molar-refractivity contribution in [3.63, 3.8) is 0 Å². The Morgan fingerprint density at radius 3 is 2.12 bits per heavy atom. The van der Waals surface area contributed by atoms with Gasteiger partial charge < -0.3 is 0 Å². The van der Waals surface area contributed by atoms with Crippen LogP contribution in [0.3, 0.4) is 0 Å². The van der Waals surface area contributed by atoms with Gasteiger partial charge in [-0.1, -0.05) is 63.5 Å². The molecular weight excluding hydrogens is 194 g/mol. The number of hydrogen-bond donors (Lipinski definition) is 0. The lowest BCUT2D eigenvalue weighted by Crippen LogP contribution is -1.81. The first kappa shape index (κ1) is 15.2. The van der Waals surface area contributed by atoms with Crippen molar-refractivity contribution in [2.75, 3.05) is 0 Å². The molecule has 0 N–H and O–H groups in total. The van der Waals surface area contributed by atoms with Crippen LogP contribution >= 0.6 is 0 Å². The summed E-state index contributed by atoms with van der Waals surface area (Å²) in [7, 11) is 0. The molecule has 0 unspecified atom stereocenters. The maximum Gasteiger partial charge on any atom is 0.0666 e.